The van der Waals surface area contributed by atoms with E-state index in [0.717, 1.165) is 0 Å². The lowest BCUT2D eigenvalue weighted by Crippen LogP contribution is -2.27. The van der Waals surface area contributed by atoms with E-state index in [4.69, 9.17) is 5.73 Å². The summed E-state index contributed by atoms with van der Waals surface area (Å²) in [6.45, 7) is 2.78. The van der Waals surface area contributed by atoms with E-state index in [9.17, 15) is 0 Å². The summed E-state index contributed by atoms with van der Waals surface area (Å²) in [6, 6.07) is 0.500. The summed E-state index contributed by atoms with van der Waals surface area (Å²) in [5, 5.41) is 0. The van der Waals surface area contributed by atoms with Gasteiger partial charge in [0.25, 0.3) is 0 Å². The number of rotatable bonds is 3. The number of nitrogens with two attached hydrogens (primary N) is 1. The van der Waals surface area contributed by atoms with E-state index in [0.29, 0.717) is 12.6 Å². The van der Waals surface area contributed by atoms with E-state index in [1.807, 2.05) is 14.1 Å². The van der Waals surface area contributed by atoms with Gasteiger partial charge in [0.05, 0.1) is 0 Å². The molecule has 0 saturated heterocycles. The SMILES string of the molecule is CC([CH]CN)N(C)C. The van der Waals surface area contributed by atoms with E-state index in [1.54, 1.807) is 0 Å². The van der Waals surface area contributed by atoms with Crippen LogP contribution in [0.1, 0.15) is 6.92 Å². The Kier molecular flexibility index (Phi) is 3.83. The number of hydrogen-bond donors (Lipinski definition) is 1. The second-order valence-corrected chi connectivity index (χ2v) is 2.18. The van der Waals surface area contributed by atoms with Crippen LogP contribution >= 0.6 is 0 Å². The number of nitrogens with zero attached hydrogens (tertiary/aromatic N) is 1. The molecule has 2 nitrogen and oxygen atoms in total. The molecule has 49 valence electrons. The highest BCUT2D eigenvalue weighted by Crippen LogP contribution is 1.92. The highest BCUT2D eigenvalue weighted by atomic mass is 15.1. The van der Waals surface area contributed by atoms with Gasteiger partial charge in [-0.1, -0.05) is 0 Å². The van der Waals surface area contributed by atoms with Crippen molar-refractivity contribution in [3.05, 3.63) is 6.42 Å². The first-order chi connectivity index (χ1) is 3.68. The van der Waals surface area contributed by atoms with Crippen LogP contribution in [0.25, 0.3) is 0 Å². The van der Waals surface area contributed by atoms with Crippen LogP contribution in [0.3, 0.4) is 0 Å². The minimum absolute atomic E-state index is 0.500. The Bertz CT molecular complexity index is 52.5. The molecule has 0 aromatic rings. The van der Waals surface area contributed by atoms with Gasteiger partial charge in [0, 0.05) is 6.04 Å². The fourth-order valence-corrected chi connectivity index (χ4v) is 0.408. The molecule has 2 N–H and O–H groups in total. The zero-order chi connectivity index (χ0) is 6.57. The van der Waals surface area contributed by atoms with Crippen molar-refractivity contribution >= 4 is 0 Å². The predicted molar refractivity (Wildman–Crippen MR) is 36.5 cm³/mol. The van der Waals surface area contributed by atoms with Crippen LogP contribution in [-0.4, -0.2) is 31.6 Å². The lowest BCUT2D eigenvalue weighted by Gasteiger charge is -2.17. The molecule has 0 spiro atoms. The summed E-state index contributed by atoms with van der Waals surface area (Å²) in [4.78, 5) is 2.12. The monoisotopic (exact) mass is 115 g/mol. The Morgan fingerprint density at radius 3 is 2.25 bits per heavy atom. The summed E-state index contributed by atoms with van der Waals surface area (Å²) in [5.74, 6) is 0. The van der Waals surface area contributed by atoms with Gasteiger partial charge >= 0.3 is 0 Å². The second kappa shape index (κ2) is 3.87. The number of hydrogen-bond acceptors (Lipinski definition) is 2. The third-order valence-corrected chi connectivity index (χ3v) is 1.29. The molecule has 0 aromatic heterocycles. The molecule has 1 atom stereocenters. The fourth-order valence-electron chi connectivity index (χ4n) is 0.408. The quantitative estimate of drug-likeness (QED) is 0.565. The Morgan fingerprint density at radius 1 is 1.62 bits per heavy atom. The van der Waals surface area contributed by atoms with Gasteiger partial charge in [0.1, 0.15) is 0 Å². The van der Waals surface area contributed by atoms with E-state index >= 15 is 0 Å². The van der Waals surface area contributed by atoms with Crippen molar-refractivity contribution in [1.82, 2.24) is 4.90 Å². The van der Waals surface area contributed by atoms with Crippen LogP contribution in [0.5, 0.6) is 0 Å². The molecule has 1 unspecified atom stereocenters. The van der Waals surface area contributed by atoms with Gasteiger partial charge < -0.3 is 10.6 Å². The summed E-state index contributed by atoms with van der Waals surface area (Å²) in [5.41, 5.74) is 5.28. The maximum atomic E-state index is 5.28. The standard InChI is InChI=1S/C6H15N2/c1-6(4-5-7)8(2)3/h4,6H,5,7H2,1-3H3. The lowest BCUT2D eigenvalue weighted by molar-refractivity contribution is 0.344. The maximum Gasteiger partial charge on any atom is 0.0105 e. The molecule has 0 aliphatic carbocycles. The van der Waals surface area contributed by atoms with Crippen LogP contribution in [0.2, 0.25) is 0 Å². The Hall–Kier alpha value is -0.0800. The summed E-state index contributed by atoms with van der Waals surface area (Å²) < 4.78 is 0. The highest BCUT2D eigenvalue weighted by Gasteiger charge is 2.00. The molecule has 0 bridgehead atoms. The molecular formula is C6H15N2. The van der Waals surface area contributed by atoms with Gasteiger partial charge in [0.2, 0.25) is 0 Å². The van der Waals surface area contributed by atoms with Crippen molar-refractivity contribution in [3.8, 4) is 0 Å². The maximum absolute atomic E-state index is 5.28. The van der Waals surface area contributed by atoms with Crippen molar-refractivity contribution in [2.24, 2.45) is 5.73 Å². The van der Waals surface area contributed by atoms with E-state index < -0.39 is 0 Å². The molecular weight excluding hydrogens is 100 g/mol. The van der Waals surface area contributed by atoms with Gasteiger partial charge in [0.15, 0.2) is 0 Å². The van der Waals surface area contributed by atoms with E-state index in [-0.39, 0.29) is 0 Å². The minimum Gasteiger partial charge on any atom is -0.330 e. The average molecular weight is 115 g/mol. The first-order valence-electron chi connectivity index (χ1n) is 2.88. The topological polar surface area (TPSA) is 29.3 Å². The summed E-state index contributed by atoms with van der Waals surface area (Å²) in [7, 11) is 4.08. The summed E-state index contributed by atoms with van der Waals surface area (Å²) >= 11 is 0. The first kappa shape index (κ1) is 7.92. The van der Waals surface area contributed by atoms with Gasteiger partial charge in [-0.25, -0.2) is 0 Å². The van der Waals surface area contributed by atoms with Crippen molar-refractivity contribution < 1.29 is 0 Å². The summed E-state index contributed by atoms with van der Waals surface area (Å²) in [6.07, 6.45) is 2.07. The highest BCUT2D eigenvalue weighted by molar-refractivity contribution is 4.78. The molecule has 0 heterocycles. The van der Waals surface area contributed by atoms with E-state index in [2.05, 4.69) is 18.2 Å². The molecule has 2 heteroatoms. The van der Waals surface area contributed by atoms with Crippen molar-refractivity contribution in [2.45, 2.75) is 13.0 Å². The smallest absolute Gasteiger partial charge is 0.0105 e. The molecule has 0 aliphatic heterocycles. The molecule has 0 aliphatic rings. The van der Waals surface area contributed by atoms with Crippen molar-refractivity contribution in [3.63, 3.8) is 0 Å². The zero-order valence-corrected chi connectivity index (χ0v) is 5.89. The molecule has 1 radical (unpaired) electrons. The second-order valence-electron chi connectivity index (χ2n) is 2.18. The predicted octanol–water partition coefficient (Wildman–Crippen LogP) is 0.0995. The van der Waals surface area contributed by atoms with Gasteiger partial charge in [-0.05, 0) is 34.0 Å². The van der Waals surface area contributed by atoms with Crippen molar-refractivity contribution in [1.29, 1.82) is 0 Å². The van der Waals surface area contributed by atoms with E-state index in [1.165, 1.54) is 0 Å². The molecule has 0 rings (SSSR count). The Morgan fingerprint density at radius 2 is 2.12 bits per heavy atom. The van der Waals surface area contributed by atoms with Crippen LogP contribution in [0.4, 0.5) is 0 Å². The normalized spacial score (nSPS) is 14.6. The fraction of sp³-hybridized carbons (Fsp3) is 0.833. The Balaban J connectivity index is 3.17. The molecule has 8 heavy (non-hydrogen) atoms. The van der Waals surface area contributed by atoms with Crippen LogP contribution < -0.4 is 5.73 Å². The van der Waals surface area contributed by atoms with Gasteiger partial charge in [-0.3, -0.25) is 0 Å². The molecule has 0 aromatic carbocycles. The third-order valence-electron chi connectivity index (χ3n) is 1.29. The lowest BCUT2D eigenvalue weighted by atomic mass is 10.2. The molecule has 0 saturated carbocycles. The van der Waals surface area contributed by atoms with Crippen LogP contribution in [-0.2, 0) is 0 Å². The van der Waals surface area contributed by atoms with Gasteiger partial charge in [-0.2, -0.15) is 0 Å². The molecule has 0 fully saturated rings. The van der Waals surface area contributed by atoms with Gasteiger partial charge in [-0.15, -0.1) is 0 Å². The zero-order valence-electron chi connectivity index (χ0n) is 5.89. The first-order valence-corrected chi connectivity index (χ1v) is 2.88. The largest absolute Gasteiger partial charge is 0.330 e. The Labute approximate surface area is 51.7 Å². The average Bonchev–Trinajstić information content (AvgIpc) is 1.67. The van der Waals surface area contributed by atoms with Crippen molar-refractivity contribution in [2.75, 3.05) is 20.6 Å². The third kappa shape index (κ3) is 2.99. The minimum atomic E-state index is 0.500. The van der Waals surface area contributed by atoms with Crippen LogP contribution in [0, 0.1) is 6.42 Å². The molecule has 0 amide bonds. The van der Waals surface area contributed by atoms with Crippen LogP contribution in [0.15, 0.2) is 0 Å².